The lowest BCUT2D eigenvalue weighted by atomic mass is 10.1. The summed E-state index contributed by atoms with van der Waals surface area (Å²) in [6.45, 7) is 0. The van der Waals surface area contributed by atoms with Gasteiger partial charge in [0.05, 0.1) is 14.2 Å². The average molecular weight is 371 g/mol. The Morgan fingerprint density at radius 3 is 2.81 bits per heavy atom. The number of aromatic nitrogens is 2. The van der Waals surface area contributed by atoms with E-state index in [-0.39, 0.29) is 12.3 Å². The van der Waals surface area contributed by atoms with Crippen LogP contribution >= 0.6 is 11.3 Å². The predicted molar refractivity (Wildman–Crippen MR) is 94.7 cm³/mol. The van der Waals surface area contributed by atoms with Gasteiger partial charge in [0.25, 0.3) is 5.89 Å². The fourth-order valence-corrected chi connectivity index (χ4v) is 2.97. The molecule has 26 heavy (non-hydrogen) atoms. The summed E-state index contributed by atoms with van der Waals surface area (Å²) in [6, 6.07) is 7.06. The van der Waals surface area contributed by atoms with Crippen molar-refractivity contribution in [2.45, 2.75) is 6.42 Å². The predicted octanol–water partition coefficient (Wildman–Crippen LogP) is 2.50. The molecule has 0 bridgehead atoms. The van der Waals surface area contributed by atoms with E-state index in [9.17, 15) is 9.90 Å². The molecule has 0 N–H and O–H groups in total. The largest absolute Gasteiger partial charge is 0.550 e. The van der Waals surface area contributed by atoms with Gasteiger partial charge in [-0.1, -0.05) is 5.16 Å². The molecule has 0 aliphatic rings. The number of carboxylic acid groups (broad SMARTS) is 1. The van der Waals surface area contributed by atoms with Gasteiger partial charge in [0.1, 0.15) is 11.5 Å². The summed E-state index contributed by atoms with van der Waals surface area (Å²) in [6.07, 6.45) is 1.25. The molecule has 0 aliphatic carbocycles. The molecule has 7 nitrogen and oxygen atoms in total. The first-order valence-electron chi connectivity index (χ1n) is 7.60. The minimum atomic E-state index is -1.25. The molecule has 0 spiro atoms. The summed E-state index contributed by atoms with van der Waals surface area (Å²) in [4.78, 5) is 15.5. The number of thiophene rings is 1. The van der Waals surface area contributed by atoms with E-state index in [0.29, 0.717) is 28.5 Å². The number of carbonyl (C=O) groups is 1. The van der Waals surface area contributed by atoms with Gasteiger partial charge in [0.15, 0.2) is 0 Å². The van der Waals surface area contributed by atoms with Crippen molar-refractivity contribution < 1.29 is 23.9 Å². The number of methoxy groups -OCH3 is 2. The fourth-order valence-electron chi connectivity index (χ4n) is 2.33. The van der Waals surface area contributed by atoms with Crippen molar-refractivity contribution in [3.05, 3.63) is 46.5 Å². The van der Waals surface area contributed by atoms with Crippen LogP contribution < -0.4 is 14.6 Å². The Labute approximate surface area is 153 Å². The zero-order chi connectivity index (χ0) is 18.5. The Bertz CT molecular complexity index is 931. The second-order valence-electron chi connectivity index (χ2n) is 5.26. The molecule has 134 valence electrons. The van der Waals surface area contributed by atoms with Crippen LogP contribution in [0.4, 0.5) is 0 Å². The first-order chi connectivity index (χ1) is 12.6. The van der Waals surface area contributed by atoms with Gasteiger partial charge >= 0.3 is 0 Å². The van der Waals surface area contributed by atoms with E-state index < -0.39 is 5.97 Å². The van der Waals surface area contributed by atoms with E-state index in [0.717, 1.165) is 5.56 Å². The number of ether oxygens (including phenoxy) is 2. The minimum Gasteiger partial charge on any atom is -0.550 e. The summed E-state index contributed by atoms with van der Waals surface area (Å²) in [5.41, 5.74) is 1.78. The van der Waals surface area contributed by atoms with Gasteiger partial charge in [-0.3, -0.25) is 0 Å². The SMILES string of the molecule is COc1ccc(/C=C(\CC(=O)[O-])c2nc(-c3ccsc3)no2)c(OC)c1. The lowest BCUT2D eigenvalue weighted by Crippen LogP contribution is -2.22. The maximum absolute atomic E-state index is 11.2. The van der Waals surface area contributed by atoms with Gasteiger partial charge in [-0.05, 0) is 29.7 Å². The normalized spacial score (nSPS) is 11.4. The highest BCUT2D eigenvalue weighted by Crippen LogP contribution is 2.30. The molecule has 8 heteroatoms. The van der Waals surface area contributed by atoms with E-state index in [2.05, 4.69) is 10.1 Å². The van der Waals surface area contributed by atoms with Crippen LogP contribution in [-0.4, -0.2) is 30.3 Å². The van der Waals surface area contributed by atoms with Crippen molar-refractivity contribution in [1.29, 1.82) is 0 Å². The van der Waals surface area contributed by atoms with Crippen LogP contribution in [0.3, 0.4) is 0 Å². The zero-order valence-electron chi connectivity index (χ0n) is 14.1. The topological polar surface area (TPSA) is 97.5 Å². The highest BCUT2D eigenvalue weighted by Gasteiger charge is 2.15. The van der Waals surface area contributed by atoms with E-state index in [1.807, 2.05) is 16.8 Å². The molecule has 0 atom stereocenters. The fraction of sp³-hybridized carbons (Fsp3) is 0.167. The molecular formula is C18H15N2O5S-. The van der Waals surface area contributed by atoms with Crippen LogP contribution in [-0.2, 0) is 4.79 Å². The second-order valence-corrected chi connectivity index (χ2v) is 6.04. The Morgan fingerprint density at radius 2 is 2.15 bits per heavy atom. The lowest BCUT2D eigenvalue weighted by Gasteiger charge is -2.09. The van der Waals surface area contributed by atoms with E-state index >= 15 is 0 Å². The third-order valence-electron chi connectivity index (χ3n) is 3.59. The second kappa shape index (κ2) is 7.83. The number of carboxylic acids is 1. The molecule has 0 saturated carbocycles. The van der Waals surface area contributed by atoms with Crippen molar-refractivity contribution in [3.8, 4) is 22.9 Å². The minimum absolute atomic E-state index is 0.119. The Morgan fingerprint density at radius 1 is 1.31 bits per heavy atom. The molecular weight excluding hydrogens is 356 g/mol. The molecule has 2 heterocycles. The number of hydrogen-bond donors (Lipinski definition) is 0. The van der Waals surface area contributed by atoms with Crippen molar-refractivity contribution >= 4 is 29.0 Å². The molecule has 0 unspecified atom stereocenters. The maximum atomic E-state index is 11.2. The summed E-state index contributed by atoms with van der Waals surface area (Å²) in [5, 5.41) is 18.9. The van der Waals surface area contributed by atoms with Gasteiger partial charge in [-0.25, -0.2) is 0 Å². The van der Waals surface area contributed by atoms with Crippen LogP contribution in [0.5, 0.6) is 11.5 Å². The maximum Gasteiger partial charge on any atom is 0.254 e. The zero-order valence-corrected chi connectivity index (χ0v) is 14.9. The van der Waals surface area contributed by atoms with Crippen molar-refractivity contribution in [2.75, 3.05) is 14.2 Å². The monoisotopic (exact) mass is 371 g/mol. The number of benzene rings is 1. The van der Waals surface area contributed by atoms with Crippen LogP contribution in [0, 0.1) is 0 Å². The number of aliphatic carboxylic acids is 1. The summed E-state index contributed by atoms with van der Waals surface area (Å²) < 4.78 is 15.8. The lowest BCUT2D eigenvalue weighted by molar-refractivity contribution is -0.304. The molecule has 2 aromatic heterocycles. The first-order valence-corrected chi connectivity index (χ1v) is 8.54. The third-order valence-corrected chi connectivity index (χ3v) is 4.27. The van der Waals surface area contributed by atoms with E-state index in [1.165, 1.54) is 18.4 Å². The molecule has 0 radical (unpaired) electrons. The van der Waals surface area contributed by atoms with Crippen LogP contribution in [0.1, 0.15) is 17.9 Å². The van der Waals surface area contributed by atoms with Crippen molar-refractivity contribution in [3.63, 3.8) is 0 Å². The van der Waals surface area contributed by atoms with Crippen molar-refractivity contribution in [2.24, 2.45) is 0 Å². The van der Waals surface area contributed by atoms with E-state index in [1.54, 1.807) is 31.4 Å². The Hall–Kier alpha value is -3.13. The molecule has 0 aliphatic heterocycles. The number of rotatable bonds is 7. The van der Waals surface area contributed by atoms with Gasteiger partial charge in [-0.2, -0.15) is 16.3 Å². The Balaban J connectivity index is 2.01. The van der Waals surface area contributed by atoms with Gasteiger partial charge in [0.2, 0.25) is 5.82 Å². The highest BCUT2D eigenvalue weighted by molar-refractivity contribution is 7.08. The molecule has 0 saturated heterocycles. The summed E-state index contributed by atoms with van der Waals surface area (Å²) >= 11 is 1.50. The molecule has 1 aromatic carbocycles. The van der Waals surface area contributed by atoms with Gasteiger partial charge in [0, 0.05) is 40.5 Å². The van der Waals surface area contributed by atoms with Gasteiger partial charge in [-0.15, -0.1) is 0 Å². The first kappa shape index (κ1) is 17.7. The number of nitrogens with zero attached hydrogens (tertiary/aromatic N) is 2. The molecule has 3 rings (SSSR count). The van der Waals surface area contributed by atoms with Crippen LogP contribution in [0.15, 0.2) is 39.5 Å². The van der Waals surface area contributed by atoms with Gasteiger partial charge < -0.3 is 23.9 Å². The van der Waals surface area contributed by atoms with E-state index in [4.69, 9.17) is 14.0 Å². The molecule has 0 fully saturated rings. The van der Waals surface area contributed by atoms with Crippen LogP contribution in [0.25, 0.3) is 23.0 Å². The smallest absolute Gasteiger partial charge is 0.254 e. The number of hydrogen-bond acceptors (Lipinski definition) is 8. The molecule has 3 aromatic rings. The third kappa shape index (κ3) is 3.92. The summed E-state index contributed by atoms with van der Waals surface area (Å²) in [5.74, 6) is 0.412. The van der Waals surface area contributed by atoms with Crippen LogP contribution in [0.2, 0.25) is 0 Å². The van der Waals surface area contributed by atoms with Crippen molar-refractivity contribution in [1.82, 2.24) is 10.1 Å². The standard InChI is InChI=1S/C18H16N2O5S/c1-23-14-4-3-11(15(9-14)24-2)7-13(8-16(21)22)18-19-17(20-25-18)12-5-6-26-10-12/h3-7,9-10H,8H2,1-2H3,(H,21,22)/p-1/b13-7+. The quantitative estimate of drug-likeness (QED) is 0.629. The highest BCUT2D eigenvalue weighted by atomic mass is 32.1. The number of carbonyl (C=O) groups excluding carboxylic acids is 1. The molecule has 0 amide bonds. The average Bonchev–Trinajstić information content (AvgIpc) is 3.32. The Kier molecular flexibility index (Phi) is 5.33. The summed E-state index contributed by atoms with van der Waals surface area (Å²) in [7, 11) is 3.07.